The Balaban J connectivity index is 0.000000171. The lowest BCUT2D eigenvalue weighted by molar-refractivity contribution is -0.145. The smallest absolute Gasteiger partial charge is 0.451 e. The van der Waals surface area contributed by atoms with Crippen molar-refractivity contribution in [2.45, 2.75) is 59.3 Å². The van der Waals surface area contributed by atoms with Crippen molar-refractivity contribution >= 4 is 68.5 Å². The van der Waals surface area contributed by atoms with E-state index in [9.17, 15) is 55.1 Å². The number of fused-ring (bicyclic) bond motifs is 2. The Labute approximate surface area is 443 Å². The van der Waals surface area contributed by atoms with E-state index in [1.807, 2.05) is 0 Å². The molecule has 10 heterocycles. The summed E-state index contributed by atoms with van der Waals surface area (Å²) in [7, 11) is 2.96. The zero-order valence-electron chi connectivity index (χ0n) is 41.3. The Morgan fingerprint density at radius 1 is 0.671 bits per heavy atom. The average Bonchev–Trinajstić information content (AvgIpc) is 4.42. The fourth-order valence-electron chi connectivity index (χ4n) is 7.21. The van der Waals surface area contributed by atoms with Crippen molar-refractivity contribution in [3.63, 3.8) is 0 Å². The molecular weight excluding hydrogens is 1100 g/mol. The van der Waals surface area contributed by atoms with E-state index in [2.05, 4.69) is 55.5 Å². The molecule has 0 unspecified atom stereocenters. The molecule has 0 atom stereocenters. The second-order valence-electron chi connectivity index (χ2n) is 16.5. The number of ether oxygens (including phenoxy) is 1. The van der Waals surface area contributed by atoms with Crippen LogP contribution in [0.2, 0.25) is 0 Å². The van der Waals surface area contributed by atoms with E-state index in [-0.39, 0.29) is 66.5 Å². The molecule has 10 aromatic heterocycles. The highest BCUT2D eigenvalue weighted by Crippen LogP contribution is 2.30. The summed E-state index contributed by atoms with van der Waals surface area (Å²) in [6, 6.07) is 3.24. The number of nitrogens with zero attached hydrogens (tertiary/aromatic N) is 16. The van der Waals surface area contributed by atoms with E-state index < -0.39 is 58.4 Å². The summed E-state index contributed by atoms with van der Waals surface area (Å²) >= 11 is 2.29. The number of imidazole rings is 2. The maximum absolute atomic E-state index is 13.2. The molecule has 412 valence electrons. The maximum Gasteiger partial charge on any atom is 0.451 e. The predicted octanol–water partition coefficient (Wildman–Crippen LogP) is 3.82. The molecule has 0 saturated carbocycles. The van der Waals surface area contributed by atoms with Crippen LogP contribution in [-0.2, 0) is 67.0 Å². The first-order valence-electron chi connectivity index (χ1n) is 22.4. The van der Waals surface area contributed by atoms with Gasteiger partial charge in [0, 0.05) is 72.9 Å². The third-order valence-corrected chi connectivity index (χ3v) is 12.5. The first kappa shape index (κ1) is 55.7. The lowest BCUT2D eigenvalue weighted by Gasteiger charge is -2.08. The number of anilines is 2. The summed E-state index contributed by atoms with van der Waals surface area (Å²) in [5.41, 5.74) is 5.00. The van der Waals surface area contributed by atoms with Gasteiger partial charge >= 0.3 is 29.7 Å². The van der Waals surface area contributed by atoms with Crippen molar-refractivity contribution in [3.8, 4) is 21.1 Å². The minimum Gasteiger partial charge on any atom is -0.465 e. The Morgan fingerprint density at radius 2 is 1.11 bits per heavy atom. The fraction of sp³-hybridized carbons (Fsp3) is 0.273. The number of rotatable bonds is 12. The van der Waals surface area contributed by atoms with Gasteiger partial charge in [-0.05, 0) is 20.8 Å². The molecule has 27 nitrogen and oxygen atoms in total. The van der Waals surface area contributed by atoms with Crippen LogP contribution < -0.4 is 33.5 Å². The number of aromatic nitrogens is 16. The van der Waals surface area contributed by atoms with E-state index in [1.54, 1.807) is 38.3 Å². The lowest BCUT2D eigenvalue weighted by Crippen LogP contribution is -2.40. The van der Waals surface area contributed by atoms with Crippen LogP contribution in [0.25, 0.3) is 43.5 Å². The summed E-state index contributed by atoms with van der Waals surface area (Å²) < 4.78 is 96.5. The lowest BCUT2D eigenvalue weighted by atomic mass is 10.3. The van der Waals surface area contributed by atoms with Crippen LogP contribution in [0.3, 0.4) is 0 Å². The molecule has 1 amide bonds. The maximum atomic E-state index is 13.2. The summed E-state index contributed by atoms with van der Waals surface area (Å²) in [5.74, 6) is -1.93. The summed E-state index contributed by atoms with van der Waals surface area (Å²) in [6.07, 6.45) is -2.44. The Hall–Kier alpha value is -9.54. The van der Waals surface area contributed by atoms with E-state index >= 15 is 0 Å². The number of nitrogen functional groups attached to an aromatic ring is 1. The largest absolute Gasteiger partial charge is 0.465 e. The minimum atomic E-state index is -4.66. The molecule has 0 fully saturated rings. The first-order chi connectivity index (χ1) is 37.4. The first-order valence-corrected chi connectivity index (χ1v) is 24.2. The van der Waals surface area contributed by atoms with Crippen molar-refractivity contribution in [2.75, 3.05) is 17.7 Å². The Morgan fingerprint density at radius 3 is 1.52 bits per heavy atom. The van der Waals surface area contributed by atoms with Gasteiger partial charge < -0.3 is 34.0 Å². The highest BCUT2D eigenvalue weighted by molar-refractivity contribution is 7.13. The second-order valence-corrected chi connectivity index (χ2v) is 18.2. The molecule has 35 heteroatoms. The van der Waals surface area contributed by atoms with Gasteiger partial charge in [-0.3, -0.25) is 37.4 Å². The molecule has 0 bridgehead atoms. The number of hydrogen-bond acceptors (Lipinski definition) is 22. The molecule has 0 saturated heterocycles. The van der Waals surface area contributed by atoms with E-state index in [1.165, 1.54) is 61.7 Å². The van der Waals surface area contributed by atoms with Crippen molar-refractivity contribution in [3.05, 3.63) is 137 Å². The third-order valence-electron chi connectivity index (χ3n) is 10.7. The van der Waals surface area contributed by atoms with Crippen molar-refractivity contribution in [1.82, 2.24) is 77.6 Å². The van der Waals surface area contributed by atoms with Crippen LogP contribution in [0.4, 0.5) is 38.0 Å². The van der Waals surface area contributed by atoms with Crippen molar-refractivity contribution < 1.29 is 49.7 Å². The number of alkyl halides is 6. The minimum absolute atomic E-state index is 0.0309. The number of carbonyl (C=O) groups is 2. The number of amides is 1. The van der Waals surface area contributed by atoms with Crippen molar-refractivity contribution in [1.29, 1.82) is 0 Å². The van der Waals surface area contributed by atoms with Gasteiger partial charge in [-0.25, -0.2) is 49.5 Å². The molecule has 0 radical (unpaired) electrons. The van der Waals surface area contributed by atoms with Crippen LogP contribution in [-0.4, -0.2) is 96.1 Å². The average molecular weight is 1140 g/mol. The number of hydrogen-bond donors (Lipinski definition) is 2. The van der Waals surface area contributed by atoms with E-state index in [0.717, 1.165) is 45.3 Å². The van der Waals surface area contributed by atoms with E-state index in [0.29, 0.717) is 44.3 Å². The van der Waals surface area contributed by atoms with Crippen molar-refractivity contribution in [2.24, 2.45) is 14.1 Å². The molecule has 79 heavy (non-hydrogen) atoms. The zero-order chi connectivity index (χ0) is 57.1. The molecule has 0 aliphatic rings. The van der Waals surface area contributed by atoms with Gasteiger partial charge in [0.25, 0.3) is 11.1 Å². The van der Waals surface area contributed by atoms with Crippen LogP contribution in [0, 0.1) is 13.8 Å². The number of thiazole rings is 2. The number of halogens is 6. The zero-order valence-corrected chi connectivity index (χ0v) is 42.9. The van der Waals surface area contributed by atoms with Crippen LogP contribution in [0.15, 0.2) is 88.6 Å². The molecule has 3 N–H and O–H groups in total. The quantitative estimate of drug-likeness (QED) is 0.130. The van der Waals surface area contributed by atoms with Gasteiger partial charge in [-0.1, -0.05) is 10.3 Å². The van der Waals surface area contributed by atoms with Crippen LogP contribution in [0.1, 0.15) is 41.5 Å². The molecule has 0 aliphatic carbocycles. The standard InChI is InChI=1S/C21H16F3N9O4S.C15H17N5O5.C8H5F3N4S/c1-10-3-12(30-37-10)6-33-18(35)15-16(31(2)20(33)36)27-9-32(15)7-14(34)28-13-8-38-17(29-13)11-4-25-19(26-5-11)21(22,23)24;1-4-24-11(21)7-19-8-16-13-12(19)14(22)20(15(23)18(13)3)6-10-5-9(2)25-17-10;9-8(10,11)7-13-1-4(2-14-7)6-15-5(12)3-16-6/h3-5,8-9H,6-7H2,1-2H3,(H,28,34);5,8H,4,6-7H2,1-3H3;1-3H,12H2. The number of carbonyl (C=O) groups excluding carboxylic acids is 2. The number of nitrogens with two attached hydrogens (primary N) is 1. The van der Waals surface area contributed by atoms with Gasteiger partial charge in [0.1, 0.15) is 57.6 Å². The van der Waals surface area contributed by atoms with Gasteiger partial charge in [-0.2, -0.15) is 26.3 Å². The molecule has 10 aromatic rings. The Bertz CT molecular complexity index is 4110. The Kier molecular flexibility index (Phi) is 15.9. The highest BCUT2D eigenvalue weighted by Gasteiger charge is 2.35. The van der Waals surface area contributed by atoms with Gasteiger partial charge in [-0.15, -0.1) is 22.7 Å². The second kappa shape index (κ2) is 22.6. The van der Waals surface area contributed by atoms with Crippen LogP contribution in [0.5, 0.6) is 0 Å². The molecule has 0 aromatic carbocycles. The number of nitrogens with one attached hydrogen (secondary N) is 1. The highest BCUT2D eigenvalue weighted by atomic mass is 32.1. The monoisotopic (exact) mass is 1140 g/mol. The summed E-state index contributed by atoms with van der Waals surface area (Å²) in [5, 5.41) is 14.1. The van der Waals surface area contributed by atoms with Gasteiger partial charge in [0.05, 0.1) is 32.4 Å². The van der Waals surface area contributed by atoms with Gasteiger partial charge in [0.2, 0.25) is 17.6 Å². The van der Waals surface area contributed by atoms with E-state index in [4.69, 9.17) is 19.5 Å². The normalized spacial score (nSPS) is 11.6. The molecular formula is C44H38F6N18O9S2. The van der Waals surface area contributed by atoms with Gasteiger partial charge in [0.15, 0.2) is 22.3 Å². The topological polar surface area (TPSA) is 334 Å². The number of esters is 1. The summed E-state index contributed by atoms with van der Waals surface area (Å²) in [6.45, 7) is 4.66. The molecule has 10 rings (SSSR count). The fourth-order valence-corrected chi connectivity index (χ4v) is 8.62. The predicted molar refractivity (Wildman–Crippen MR) is 265 cm³/mol. The SMILES string of the molecule is CCOC(=O)Cn1cnc2c1c(=O)n(Cc1cc(C)on1)c(=O)n2C.Cc1cc(Cn2c(=O)c3c(ncn3CC(=O)Nc3csc(-c4cnc(C(F)(F)F)nc4)n3)n(C)c2=O)no1.Nc1csc(-c2cnc(C(F)(F)F)nc2)n1. The number of aryl methyl sites for hydroxylation is 4. The summed E-state index contributed by atoms with van der Waals surface area (Å²) in [4.78, 5) is 105. The van der Waals surface area contributed by atoms with Crippen LogP contribution >= 0.6 is 22.7 Å². The molecule has 0 aliphatic heterocycles. The molecule has 0 spiro atoms. The third kappa shape index (κ3) is 12.5.